The molecule has 0 aromatic carbocycles. The quantitative estimate of drug-likeness (QED) is 0.807. The molecule has 0 saturated heterocycles. The average Bonchev–Trinajstić information content (AvgIpc) is 3.04. The Kier molecular flexibility index (Phi) is 6.74. The molecule has 0 fully saturated rings. The second-order valence-corrected chi connectivity index (χ2v) is 7.50. The van der Waals surface area contributed by atoms with Crippen LogP contribution in [0.2, 0.25) is 0 Å². The highest BCUT2D eigenvalue weighted by molar-refractivity contribution is 7.14. The molecule has 0 atom stereocenters. The fourth-order valence-electron chi connectivity index (χ4n) is 2.70. The van der Waals surface area contributed by atoms with E-state index >= 15 is 0 Å². The summed E-state index contributed by atoms with van der Waals surface area (Å²) >= 11 is 1.36. The maximum absolute atomic E-state index is 12.8. The smallest absolute Gasteiger partial charge is 0.274 e. The molecule has 2 rings (SSSR count). The van der Waals surface area contributed by atoms with Gasteiger partial charge in [-0.15, -0.1) is 11.3 Å². The van der Waals surface area contributed by atoms with Crippen LogP contribution in [-0.2, 0) is 7.05 Å². The SMILES string of the molecule is CCCN(CCC)C(=O)c1cc(NC(=O)c2ccc(C)s2)c(=O)n(C)c1. The van der Waals surface area contributed by atoms with Crippen LogP contribution < -0.4 is 10.9 Å². The third-order valence-electron chi connectivity index (χ3n) is 3.92. The molecule has 0 unspecified atom stereocenters. The number of anilines is 1. The fourth-order valence-corrected chi connectivity index (χ4v) is 3.46. The number of nitrogens with one attached hydrogen (secondary N) is 1. The lowest BCUT2D eigenvalue weighted by atomic mass is 10.2. The van der Waals surface area contributed by atoms with Crippen molar-refractivity contribution in [3.05, 3.63) is 50.1 Å². The van der Waals surface area contributed by atoms with Crippen LogP contribution in [0.15, 0.2) is 29.2 Å². The van der Waals surface area contributed by atoms with Gasteiger partial charge >= 0.3 is 0 Å². The number of aromatic nitrogens is 1. The minimum Gasteiger partial charge on any atom is -0.339 e. The normalized spacial score (nSPS) is 10.6. The molecule has 2 amide bonds. The largest absolute Gasteiger partial charge is 0.339 e. The van der Waals surface area contributed by atoms with Crippen LogP contribution in [0.4, 0.5) is 5.69 Å². The van der Waals surface area contributed by atoms with E-state index in [-0.39, 0.29) is 23.1 Å². The third-order valence-corrected chi connectivity index (χ3v) is 4.92. The van der Waals surface area contributed by atoms with Gasteiger partial charge in [0.2, 0.25) is 0 Å². The summed E-state index contributed by atoms with van der Waals surface area (Å²) in [6.45, 7) is 7.27. The number of pyridine rings is 1. The molecule has 7 heteroatoms. The molecule has 6 nitrogen and oxygen atoms in total. The molecule has 140 valence electrons. The standard InChI is InChI=1S/C19H25N3O3S/c1-5-9-22(10-6-2)18(24)14-11-15(19(25)21(4)12-14)20-17(23)16-8-7-13(3)26-16/h7-8,11-12H,5-6,9-10H2,1-4H3,(H,20,23). The number of carbonyl (C=O) groups is 2. The van der Waals surface area contributed by atoms with Crippen LogP contribution in [0.1, 0.15) is 51.6 Å². The topological polar surface area (TPSA) is 71.4 Å². The van der Waals surface area contributed by atoms with Gasteiger partial charge in [-0.05, 0) is 38.0 Å². The van der Waals surface area contributed by atoms with Crippen LogP contribution in [0, 0.1) is 6.92 Å². The monoisotopic (exact) mass is 375 g/mol. The number of nitrogens with zero attached hydrogens (tertiary/aromatic N) is 2. The zero-order valence-corrected chi connectivity index (χ0v) is 16.5. The van der Waals surface area contributed by atoms with Crippen molar-refractivity contribution in [2.75, 3.05) is 18.4 Å². The second kappa shape index (κ2) is 8.80. The van der Waals surface area contributed by atoms with Gasteiger partial charge in [-0.3, -0.25) is 14.4 Å². The summed E-state index contributed by atoms with van der Waals surface area (Å²) in [5.41, 5.74) is 0.162. The first-order chi connectivity index (χ1) is 12.4. The van der Waals surface area contributed by atoms with Crippen LogP contribution in [0.5, 0.6) is 0 Å². The van der Waals surface area contributed by atoms with Crippen molar-refractivity contribution in [1.29, 1.82) is 0 Å². The van der Waals surface area contributed by atoms with Gasteiger partial charge in [0, 0.05) is 31.2 Å². The lowest BCUT2D eigenvalue weighted by Crippen LogP contribution is -2.34. The number of thiophene rings is 1. The minimum absolute atomic E-state index is 0.113. The van der Waals surface area contributed by atoms with Gasteiger partial charge in [0.05, 0.1) is 10.4 Å². The van der Waals surface area contributed by atoms with Crippen LogP contribution >= 0.6 is 11.3 Å². The Morgan fingerprint density at radius 2 is 1.85 bits per heavy atom. The van der Waals surface area contributed by atoms with Crippen molar-refractivity contribution >= 4 is 28.8 Å². The van der Waals surface area contributed by atoms with Crippen molar-refractivity contribution in [3.8, 4) is 0 Å². The molecule has 2 aromatic rings. The summed E-state index contributed by atoms with van der Waals surface area (Å²) in [7, 11) is 1.58. The predicted molar refractivity (Wildman–Crippen MR) is 105 cm³/mol. The van der Waals surface area contributed by atoms with Crippen molar-refractivity contribution in [2.24, 2.45) is 7.05 Å². The molecular formula is C19H25N3O3S. The lowest BCUT2D eigenvalue weighted by molar-refractivity contribution is 0.0754. The van der Waals surface area contributed by atoms with Gasteiger partial charge < -0.3 is 14.8 Å². The molecule has 26 heavy (non-hydrogen) atoms. The molecule has 0 bridgehead atoms. The maximum Gasteiger partial charge on any atom is 0.274 e. The first-order valence-electron chi connectivity index (χ1n) is 8.75. The predicted octanol–water partition coefficient (Wildman–Crippen LogP) is 3.27. The Hall–Kier alpha value is -2.41. The van der Waals surface area contributed by atoms with E-state index in [1.165, 1.54) is 28.2 Å². The lowest BCUT2D eigenvalue weighted by Gasteiger charge is -2.22. The first-order valence-corrected chi connectivity index (χ1v) is 9.56. The van der Waals surface area contributed by atoms with Crippen molar-refractivity contribution in [3.63, 3.8) is 0 Å². The molecule has 0 aliphatic rings. The molecule has 0 spiro atoms. The van der Waals surface area contributed by atoms with Crippen LogP contribution in [0.3, 0.4) is 0 Å². The highest BCUT2D eigenvalue weighted by Crippen LogP contribution is 2.17. The first kappa shape index (κ1) is 19.9. The number of aryl methyl sites for hydroxylation is 2. The van der Waals surface area contributed by atoms with Gasteiger partial charge in [-0.25, -0.2) is 0 Å². The van der Waals surface area contributed by atoms with E-state index in [0.29, 0.717) is 23.5 Å². The van der Waals surface area contributed by atoms with Crippen molar-refractivity contribution in [2.45, 2.75) is 33.6 Å². The molecular weight excluding hydrogens is 350 g/mol. The summed E-state index contributed by atoms with van der Waals surface area (Å²) in [6.07, 6.45) is 3.24. The van der Waals surface area contributed by atoms with E-state index in [4.69, 9.17) is 0 Å². The van der Waals surface area contributed by atoms with E-state index in [1.54, 1.807) is 18.0 Å². The Morgan fingerprint density at radius 3 is 2.38 bits per heavy atom. The van der Waals surface area contributed by atoms with Gasteiger partial charge in [0.1, 0.15) is 5.69 Å². The zero-order chi connectivity index (χ0) is 19.3. The summed E-state index contributed by atoms with van der Waals surface area (Å²) in [6, 6.07) is 5.05. The number of carbonyl (C=O) groups excluding carboxylic acids is 2. The number of hydrogen-bond acceptors (Lipinski definition) is 4. The number of hydrogen-bond donors (Lipinski definition) is 1. The Bertz CT molecular complexity index is 848. The number of amides is 2. The highest BCUT2D eigenvalue weighted by atomic mass is 32.1. The van der Waals surface area contributed by atoms with E-state index in [9.17, 15) is 14.4 Å². The van der Waals surface area contributed by atoms with Gasteiger partial charge in [-0.1, -0.05) is 13.8 Å². The van der Waals surface area contributed by atoms with E-state index < -0.39 is 0 Å². The molecule has 0 saturated carbocycles. The summed E-state index contributed by atoms with van der Waals surface area (Å²) < 4.78 is 1.33. The Morgan fingerprint density at radius 1 is 1.19 bits per heavy atom. The summed E-state index contributed by atoms with van der Waals surface area (Å²) in [5, 5.41) is 2.65. The number of rotatable bonds is 7. The molecule has 1 N–H and O–H groups in total. The second-order valence-electron chi connectivity index (χ2n) is 6.22. The van der Waals surface area contributed by atoms with Gasteiger partial charge in [0.15, 0.2) is 0 Å². The van der Waals surface area contributed by atoms with E-state index in [2.05, 4.69) is 5.32 Å². The third kappa shape index (κ3) is 4.60. The van der Waals surface area contributed by atoms with Crippen LogP contribution in [-0.4, -0.2) is 34.4 Å². The molecule has 0 radical (unpaired) electrons. The van der Waals surface area contributed by atoms with Crippen molar-refractivity contribution in [1.82, 2.24) is 9.47 Å². The van der Waals surface area contributed by atoms with Crippen molar-refractivity contribution < 1.29 is 9.59 Å². The fraction of sp³-hybridized carbons (Fsp3) is 0.421. The Balaban J connectivity index is 2.32. The summed E-state index contributed by atoms with van der Waals surface area (Å²) in [5.74, 6) is -0.476. The van der Waals surface area contributed by atoms with Gasteiger partial charge in [-0.2, -0.15) is 0 Å². The van der Waals surface area contributed by atoms with E-state index in [1.807, 2.05) is 26.8 Å². The molecule has 2 heterocycles. The summed E-state index contributed by atoms with van der Waals surface area (Å²) in [4.78, 5) is 40.8. The molecule has 0 aliphatic heterocycles. The Labute approximate surface area is 157 Å². The molecule has 0 aliphatic carbocycles. The maximum atomic E-state index is 12.8. The van der Waals surface area contributed by atoms with Gasteiger partial charge in [0.25, 0.3) is 17.4 Å². The minimum atomic E-state index is -0.347. The van der Waals surface area contributed by atoms with E-state index in [0.717, 1.165) is 17.7 Å². The van der Waals surface area contributed by atoms with Crippen LogP contribution in [0.25, 0.3) is 0 Å². The highest BCUT2D eigenvalue weighted by Gasteiger charge is 2.18. The average molecular weight is 375 g/mol. The zero-order valence-electron chi connectivity index (χ0n) is 15.7. The molecule has 2 aromatic heterocycles.